The fraction of sp³-hybridized carbons (Fsp3) is 0.267. The number of nitrogen functional groups attached to an aromatic ring is 2. The number of nitrogens with zero attached hydrogens (tertiary/aromatic N) is 5. The average molecular weight is 759 g/mol. The maximum absolute atomic E-state index is 13.5. The second kappa shape index (κ2) is 13.4. The molecule has 6 heterocycles. The van der Waals surface area contributed by atoms with Crippen molar-refractivity contribution in [3.05, 3.63) is 73.9 Å². The van der Waals surface area contributed by atoms with Gasteiger partial charge in [0.15, 0.2) is 29.8 Å². The number of nitrogens with one attached hydrogen (secondary N) is 2. The van der Waals surface area contributed by atoms with E-state index in [9.17, 15) is 29.4 Å². The van der Waals surface area contributed by atoms with Gasteiger partial charge < -0.3 is 36.4 Å². The van der Waals surface area contributed by atoms with Gasteiger partial charge in [0.2, 0.25) is 5.60 Å². The second-order valence-electron chi connectivity index (χ2n) is 11.8. The number of halogens is 1. The van der Waals surface area contributed by atoms with Crippen molar-refractivity contribution in [2.45, 2.75) is 44.0 Å². The third-order valence-electron chi connectivity index (χ3n) is 7.90. The Bertz CT molecular complexity index is 2150. The highest BCUT2D eigenvalue weighted by molar-refractivity contribution is 8.00. The number of aliphatic carboxylic acids is 2. The van der Waals surface area contributed by atoms with Gasteiger partial charge in [-0.05, 0) is 26.0 Å². The Balaban J connectivity index is 1.22. The van der Waals surface area contributed by atoms with Gasteiger partial charge in [0, 0.05) is 44.8 Å². The van der Waals surface area contributed by atoms with Gasteiger partial charge in [-0.1, -0.05) is 28.1 Å². The number of fused-ring (bicyclic) bond motifs is 2. The predicted molar refractivity (Wildman–Crippen MR) is 187 cm³/mol. The molecular weight excluding hydrogens is 730 g/mol. The van der Waals surface area contributed by atoms with E-state index >= 15 is 0 Å². The fourth-order valence-electron chi connectivity index (χ4n) is 5.27. The zero-order valence-electron chi connectivity index (χ0n) is 26.2. The fourth-order valence-corrected chi connectivity index (χ4v) is 8.41. The first-order valence-electron chi connectivity index (χ1n) is 14.7. The number of nitrogens with two attached hydrogens (primary N) is 2. The molecule has 0 bridgehead atoms. The number of oxime groups is 1. The number of thioether (sulfide) groups is 1. The van der Waals surface area contributed by atoms with Crippen molar-refractivity contribution >= 4 is 97.4 Å². The van der Waals surface area contributed by atoms with E-state index in [0.29, 0.717) is 17.7 Å². The van der Waals surface area contributed by atoms with Crippen molar-refractivity contribution in [1.29, 1.82) is 5.41 Å². The maximum atomic E-state index is 13.5. The van der Waals surface area contributed by atoms with E-state index < -0.39 is 46.5 Å². The van der Waals surface area contributed by atoms with E-state index in [0.717, 1.165) is 32.0 Å². The first-order chi connectivity index (χ1) is 23.6. The highest BCUT2D eigenvalue weighted by Gasteiger charge is 2.55. The molecule has 16 nitrogen and oxygen atoms in total. The number of carboxylic acid groups (broad SMARTS) is 2. The number of aromatic nitrogens is 3. The summed E-state index contributed by atoms with van der Waals surface area (Å²) in [7, 11) is 0. The summed E-state index contributed by atoms with van der Waals surface area (Å²) < 4.78 is 3.88. The van der Waals surface area contributed by atoms with Crippen LogP contribution in [0.4, 0.5) is 5.13 Å². The summed E-state index contributed by atoms with van der Waals surface area (Å²) in [4.78, 5) is 62.3. The Hall–Kier alpha value is -4.98. The van der Waals surface area contributed by atoms with Gasteiger partial charge in [0.1, 0.15) is 38.5 Å². The van der Waals surface area contributed by atoms with Crippen LogP contribution in [-0.4, -0.2) is 82.7 Å². The lowest BCUT2D eigenvalue weighted by Crippen LogP contribution is -2.71. The van der Waals surface area contributed by atoms with Crippen molar-refractivity contribution in [3.63, 3.8) is 0 Å². The number of carbonyl (C=O) groups excluding carboxylic acids is 2. The minimum atomic E-state index is -1.82. The normalized spacial score (nSPS) is 17.8. The third kappa shape index (κ3) is 6.63. The molecule has 0 spiro atoms. The van der Waals surface area contributed by atoms with Gasteiger partial charge in [0.25, 0.3) is 11.8 Å². The molecule has 4 aromatic rings. The number of pyridine rings is 1. The minimum absolute atomic E-state index is 0.00338. The van der Waals surface area contributed by atoms with Crippen LogP contribution in [0, 0.1) is 5.41 Å². The Morgan fingerprint density at radius 3 is 2.70 bits per heavy atom. The van der Waals surface area contributed by atoms with Gasteiger partial charge in [-0.2, -0.15) is 4.57 Å². The number of thiophene rings is 1. The smallest absolute Gasteiger partial charge is 0.352 e. The number of anilines is 1. The predicted octanol–water partition coefficient (Wildman–Crippen LogP) is 2.04. The molecular formula is C30H29ClN9O7S3+. The molecule has 0 unspecified atom stereocenters. The summed E-state index contributed by atoms with van der Waals surface area (Å²) in [6.07, 6.45) is 5.69. The quantitative estimate of drug-likeness (QED) is 0.0401. The second-order valence-corrected chi connectivity index (χ2v) is 15.5. The summed E-state index contributed by atoms with van der Waals surface area (Å²) >= 11 is 9.86. The van der Waals surface area contributed by atoms with E-state index in [4.69, 9.17) is 33.3 Å². The van der Waals surface area contributed by atoms with Crippen molar-refractivity contribution < 1.29 is 38.8 Å². The summed E-state index contributed by atoms with van der Waals surface area (Å²) in [6, 6.07) is 4.64. The monoisotopic (exact) mass is 758 g/mol. The van der Waals surface area contributed by atoms with Crippen LogP contribution in [-0.2, 0) is 37.1 Å². The van der Waals surface area contributed by atoms with Crippen molar-refractivity contribution in [2.75, 3.05) is 11.5 Å². The Morgan fingerprint density at radius 1 is 1.30 bits per heavy atom. The number of β-lactam (4-membered cyclic amide) rings is 1. The van der Waals surface area contributed by atoms with Crippen LogP contribution in [0.3, 0.4) is 0 Å². The Labute approximate surface area is 300 Å². The van der Waals surface area contributed by atoms with Crippen LogP contribution in [0.15, 0.2) is 58.6 Å². The minimum Gasteiger partial charge on any atom is -0.478 e. The van der Waals surface area contributed by atoms with Crippen LogP contribution >= 0.6 is 46.0 Å². The molecule has 0 saturated carbocycles. The first kappa shape index (κ1) is 34.9. The average Bonchev–Trinajstić information content (AvgIpc) is 3.78. The zero-order valence-corrected chi connectivity index (χ0v) is 29.5. The maximum Gasteiger partial charge on any atom is 0.352 e. The molecule has 2 aliphatic heterocycles. The van der Waals surface area contributed by atoms with Gasteiger partial charge >= 0.3 is 11.9 Å². The molecule has 1 fully saturated rings. The van der Waals surface area contributed by atoms with Crippen LogP contribution in [0.1, 0.15) is 30.0 Å². The van der Waals surface area contributed by atoms with Crippen LogP contribution in [0.2, 0.25) is 4.34 Å². The van der Waals surface area contributed by atoms with Gasteiger partial charge in [-0.25, -0.2) is 14.6 Å². The largest absolute Gasteiger partial charge is 0.478 e. The lowest BCUT2D eigenvalue weighted by Gasteiger charge is -2.49. The Kier molecular flexibility index (Phi) is 9.33. The van der Waals surface area contributed by atoms with Gasteiger partial charge in [0.05, 0.1) is 6.54 Å². The molecule has 2 aliphatic rings. The number of rotatable bonds is 12. The first-order valence-corrected chi connectivity index (χ1v) is 17.8. The molecule has 1 saturated heterocycles. The molecule has 0 aromatic carbocycles. The van der Waals surface area contributed by atoms with Gasteiger partial charge in [-0.3, -0.25) is 19.9 Å². The topological polar surface area (TPSA) is 243 Å². The van der Waals surface area contributed by atoms with Crippen LogP contribution < -0.4 is 21.4 Å². The Morgan fingerprint density at radius 2 is 2.06 bits per heavy atom. The van der Waals surface area contributed by atoms with Gasteiger partial charge in [-0.15, -0.1) is 23.1 Å². The summed E-state index contributed by atoms with van der Waals surface area (Å²) in [6.45, 7) is 3.19. The molecule has 20 heteroatoms. The van der Waals surface area contributed by atoms with E-state index in [1.807, 2.05) is 51.3 Å². The number of amidine groups is 1. The molecule has 6 rings (SSSR count). The highest BCUT2D eigenvalue weighted by Crippen LogP contribution is 2.40. The number of amides is 2. The summed E-state index contributed by atoms with van der Waals surface area (Å²) in [5.74, 6) is -3.99. The molecule has 50 heavy (non-hydrogen) atoms. The molecule has 0 radical (unpaired) electrons. The summed E-state index contributed by atoms with van der Waals surface area (Å²) in [5.41, 5.74) is 10.8. The van der Waals surface area contributed by atoms with E-state index in [2.05, 4.69) is 15.5 Å². The lowest BCUT2D eigenvalue weighted by molar-refractivity contribution is -0.687. The van der Waals surface area contributed by atoms with E-state index in [1.54, 1.807) is 0 Å². The molecule has 2 amide bonds. The SMILES string of the molecule is CC(C)(ON=C(C(=O)N[C@@H]1C(=O)N2C(C(=O)O)=C(C[n+]3ccc4ccn(Cc5cc(C(=N)N)cs5)c4c3)CS[C@H]12)c1nc(N)sc1Cl)C(=O)O. The lowest BCUT2D eigenvalue weighted by atomic mass is 10.0. The number of hydrogen-bond acceptors (Lipinski definition) is 12. The molecule has 8 N–H and O–H groups in total. The standard InChI is InChI=1S/C30H28ClN9O7S3/c1-30(2,28(45)46)47-37-19(18-22(31)50-29(34)36-18)24(41)35-20-25(42)40-21(27(43)44)15(12-49-26(20)40)8-38-5-3-13-4-6-39(17(13)10-38)9-16-7-14(11-48-16)23(32)33/h3-7,10-11,20,26H,8-9,12H2,1-2H3,(H7-,32,33,34,35,36,41,43,44,45,46)/p+1/t20-,26-/m1/s1. The zero-order chi connectivity index (χ0) is 36.1. The van der Waals surface area contributed by atoms with Crippen molar-refractivity contribution in [3.8, 4) is 0 Å². The molecule has 0 aliphatic carbocycles. The number of thiazole rings is 1. The van der Waals surface area contributed by atoms with Crippen LogP contribution in [0.5, 0.6) is 0 Å². The van der Waals surface area contributed by atoms with Crippen molar-refractivity contribution in [2.24, 2.45) is 10.9 Å². The number of carboxylic acids is 2. The number of hydrogen-bond donors (Lipinski definition) is 6. The van der Waals surface area contributed by atoms with E-state index in [1.165, 1.54) is 36.9 Å². The van der Waals surface area contributed by atoms with E-state index in [-0.39, 0.29) is 39.0 Å². The highest BCUT2D eigenvalue weighted by atomic mass is 35.5. The molecule has 4 aromatic heterocycles. The third-order valence-corrected chi connectivity index (χ3v) is 11.2. The van der Waals surface area contributed by atoms with Crippen LogP contribution in [0.25, 0.3) is 10.9 Å². The molecule has 260 valence electrons. The summed E-state index contributed by atoms with van der Waals surface area (Å²) in [5, 5.41) is 35.7. The molecule has 2 atom stereocenters. The van der Waals surface area contributed by atoms with Crippen molar-refractivity contribution in [1.82, 2.24) is 19.8 Å². The number of carbonyl (C=O) groups is 4.